The van der Waals surface area contributed by atoms with Gasteiger partial charge in [0, 0.05) is 0 Å². The Morgan fingerprint density at radius 3 is 2.53 bits per heavy atom. The van der Waals surface area contributed by atoms with Crippen molar-refractivity contribution in [1.82, 2.24) is 0 Å². The summed E-state index contributed by atoms with van der Waals surface area (Å²) in [5.41, 5.74) is 0.679. The molecule has 0 fully saturated rings. The Morgan fingerprint density at radius 2 is 2.00 bits per heavy atom. The van der Waals surface area contributed by atoms with Crippen molar-refractivity contribution in [1.29, 1.82) is 0 Å². The molecule has 0 bridgehead atoms. The number of hydrogen-bond donors (Lipinski definition) is 2. The molecule has 17 heavy (non-hydrogen) atoms. The number of benzene rings is 1. The summed E-state index contributed by atoms with van der Waals surface area (Å²) >= 11 is 0. The Morgan fingerprint density at radius 1 is 1.35 bits per heavy atom. The van der Waals surface area contributed by atoms with E-state index in [-0.39, 0.29) is 5.76 Å². The zero-order valence-electron chi connectivity index (χ0n) is 9.02. The van der Waals surface area contributed by atoms with Crippen molar-refractivity contribution in [2.45, 2.75) is 0 Å². The van der Waals surface area contributed by atoms with Crippen molar-refractivity contribution < 1.29 is 23.9 Å². The van der Waals surface area contributed by atoms with E-state index in [1.54, 1.807) is 24.3 Å². The summed E-state index contributed by atoms with van der Waals surface area (Å²) in [6.07, 6.45) is 1.30. The van der Waals surface area contributed by atoms with Crippen LogP contribution in [0.4, 0.5) is 0 Å². The Bertz CT molecular complexity index is 440. The maximum absolute atomic E-state index is 11.3. The lowest BCUT2D eigenvalue weighted by Crippen LogP contribution is -1.99. The number of carbonyl (C=O) groups is 1. The van der Waals surface area contributed by atoms with Gasteiger partial charge in [0.25, 0.3) is 0 Å². The quantitative estimate of drug-likeness (QED) is 0.348. The van der Waals surface area contributed by atoms with Crippen molar-refractivity contribution in [2.75, 3.05) is 12.8 Å². The molecule has 0 aliphatic carbocycles. The largest absolute Gasteiger partial charge is 0.421 e. The maximum Gasteiger partial charge on any atom is 0.379 e. The average Bonchev–Trinajstić information content (AvgIpc) is 2.29. The van der Waals surface area contributed by atoms with Gasteiger partial charge in [0.1, 0.15) is 0 Å². The van der Waals surface area contributed by atoms with Gasteiger partial charge >= 0.3 is 7.60 Å². The number of aldehydes is 1. The van der Waals surface area contributed by atoms with E-state index >= 15 is 0 Å². The standard InChI is InChI=1S/C11H13O5P/c12-6-7-17(14,15)16-11(9-13)8-10-4-2-1-3-5-10/h1-5,8-9,12H,6-7H2,(H,14,15). The molecule has 0 saturated heterocycles. The number of aliphatic hydroxyl groups is 1. The molecule has 6 heteroatoms. The van der Waals surface area contributed by atoms with E-state index in [9.17, 15) is 14.3 Å². The van der Waals surface area contributed by atoms with Gasteiger partial charge < -0.3 is 14.5 Å². The molecule has 0 amide bonds. The zero-order chi connectivity index (χ0) is 12.7. The maximum atomic E-state index is 11.3. The monoisotopic (exact) mass is 256 g/mol. The molecular weight excluding hydrogens is 243 g/mol. The molecule has 2 N–H and O–H groups in total. The summed E-state index contributed by atoms with van der Waals surface area (Å²) in [5, 5.41) is 8.56. The summed E-state index contributed by atoms with van der Waals surface area (Å²) in [6, 6.07) is 8.78. The topological polar surface area (TPSA) is 83.8 Å². The molecule has 0 radical (unpaired) electrons. The first-order valence-electron chi connectivity index (χ1n) is 4.91. The van der Waals surface area contributed by atoms with E-state index < -0.39 is 20.4 Å². The van der Waals surface area contributed by atoms with Crippen LogP contribution in [0.5, 0.6) is 0 Å². The minimum absolute atomic E-state index is 0.240. The lowest BCUT2D eigenvalue weighted by molar-refractivity contribution is -0.106. The fraction of sp³-hybridized carbons (Fsp3) is 0.182. The smallest absolute Gasteiger partial charge is 0.379 e. The zero-order valence-corrected chi connectivity index (χ0v) is 9.92. The van der Waals surface area contributed by atoms with Gasteiger partial charge in [-0.1, -0.05) is 30.3 Å². The van der Waals surface area contributed by atoms with Gasteiger partial charge in [-0.2, -0.15) is 0 Å². The Balaban J connectivity index is 2.83. The fourth-order valence-electron chi connectivity index (χ4n) is 1.13. The third-order valence-electron chi connectivity index (χ3n) is 1.86. The van der Waals surface area contributed by atoms with Crippen LogP contribution >= 0.6 is 7.60 Å². The van der Waals surface area contributed by atoms with Crippen LogP contribution in [0, 0.1) is 0 Å². The highest BCUT2D eigenvalue weighted by Crippen LogP contribution is 2.43. The number of aliphatic hydroxyl groups excluding tert-OH is 1. The number of hydrogen-bond acceptors (Lipinski definition) is 4. The van der Waals surface area contributed by atoms with Gasteiger partial charge in [-0.15, -0.1) is 0 Å². The summed E-state index contributed by atoms with van der Waals surface area (Å²) in [7, 11) is -3.95. The van der Waals surface area contributed by atoms with Gasteiger partial charge in [-0.3, -0.25) is 4.79 Å². The third kappa shape index (κ3) is 4.95. The predicted octanol–water partition coefficient (Wildman–Crippen LogP) is 1.42. The summed E-state index contributed by atoms with van der Waals surface area (Å²) < 4.78 is 16.0. The van der Waals surface area contributed by atoms with Crippen LogP contribution in [-0.2, 0) is 13.9 Å². The van der Waals surface area contributed by atoms with E-state index in [4.69, 9.17) is 5.11 Å². The first kappa shape index (κ1) is 13.6. The molecule has 1 rings (SSSR count). The number of rotatable bonds is 6. The number of carbonyl (C=O) groups excluding carboxylic acids is 1. The highest BCUT2D eigenvalue weighted by Gasteiger charge is 2.20. The normalized spacial score (nSPS) is 15.1. The molecule has 0 spiro atoms. The first-order valence-corrected chi connectivity index (χ1v) is 6.68. The molecule has 0 aliphatic heterocycles. The minimum atomic E-state index is -3.95. The Labute approximate surface area is 98.9 Å². The number of allylic oxidation sites excluding steroid dienone is 1. The van der Waals surface area contributed by atoms with Crippen LogP contribution in [0.15, 0.2) is 36.1 Å². The van der Waals surface area contributed by atoms with Gasteiger partial charge in [-0.25, -0.2) is 4.57 Å². The minimum Gasteiger partial charge on any atom is -0.421 e. The van der Waals surface area contributed by atoms with Gasteiger partial charge in [0.2, 0.25) is 0 Å². The average molecular weight is 256 g/mol. The second-order valence-electron chi connectivity index (χ2n) is 3.25. The fourth-order valence-corrected chi connectivity index (χ4v) is 1.90. The van der Waals surface area contributed by atoms with Crippen LogP contribution in [0.2, 0.25) is 0 Å². The summed E-state index contributed by atoms with van der Waals surface area (Å²) in [4.78, 5) is 20.0. The van der Waals surface area contributed by atoms with Crippen molar-refractivity contribution in [2.24, 2.45) is 0 Å². The molecule has 1 unspecified atom stereocenters. The van der Waals surface area contributed by atoms with Crippen molar-refractivity contribution in [3.05, 3.63) is 41.7 Å². The Kier molecular flexibility index (Phi) is 5.10. The Hall–Kier alpha value is -1.42. The lowest BCUT2D eigenvalue weighted by atomic mass is 10.2. The molecule has 0 saturated carbocycles. The third-order valence-corrected chi connectivity index (χ3v) is 3.12. The second kappa shape index (κ2) is 6.35. The van der Waals surface area contributed by atoms with Crippen LogP contribution in [0.3, 0.4) is 0 Å². The van der Waals surface area contributed by atoms with Crippen molar-refractivity contribution >= 4 is 20.0 Å². The lowest BCUT2D eigenvalue weighted by Gasteiger charge is -2.11. The van der Waals surface area contributed by atoms with Crippen LogP contribution in [0.25, 0.3) is 6.08 Å². The van der Waals surface area contributed by atoms with E-state index in [1.807, 2.05) is 6.07 Å². The van der Waals surface area contributed by atoms with E-state index in [0.717, 1.165) is 0 Å². The molecule has 1 atom stereocenters. The molecule has 1 aromatic rings. The second-order valence-corrected chi connectivity index (χ2v) is 5.16. The first-order chi connectivity index (χ1) is 8.07. The summed E-state index contributed by atoms with van der Waals surface area (Å²) in [6.45, 7) is -0.481. The van der Waals surface area contributed by atoms with Crippen LogP contribution < -0.4 is 0 Å². The van der Waals surface area contributed by atoms with E-state index in [1.165, 1.54) is 6.08 Å². The highest BCUT2D eigenvalue weighted by molar-refractivity contribution is 7.53. The van der Waals surface area contributed by atoms with Gasteiger partial charge in [0.15, 0.2) is 12.0 Å². The van der Waals surface area contributed by atoms with E-state index in [2.05, 4.69) is 4.52 Å². The molecule has 0 heterocycles. The summed E-state index contributed by atoms with van der Waals surface area (Å²) in [5.74, 6) is -0.240. The molecule has 92 valence electrons. The SMILES string of the molecule is O=CC(=Cc1ccccc1)OP(=O)(O)CCO. The van der Waals surface area contributed by atoms with Crippen molar-refractivity contribution in [3.8, 4) is 0 Å². The molecule has 0 aromatic heterocycles. The molecule has 0 aliphatic rings. The predicted molar refractivity (Wildman–Crippen MR) is 63.3 cm³/mol. The van der Waals surface area contributed by atoms with Gasteiger partial charge in [0.05, 0.1) is 12.8 Å². The van der Waals surface area contributed by atoms with Crippen LogP contribution in [-0.4, -0.2) is 29.1 Å². The van der Waals surface area contributed by atoms with Crippen LogP contribution in [0.1, 0.15) is 5.56 Å². The highest BCUT2D eigenvalue weighted by atomic mass is 31.2. The van der Waals surface area contributed by atoms with Gasteiger partial charge in [-0.05, 0) is 11.6 Å². The molecular formula is C11H13O5P. The molecule has 5 nitrogen and oxygen atoms in total. The molecule has 1 aromatic carbocycles. The van der Waals surface area contributed by atoms with E-state index in [0.29, 0.717) is 11.8 Å². The van der Waals surface area contributed by atoms with Crippen molar-refractivity contribution in [3.63, 3.8) is 0 Å².